The van der Waals surface area contributed by atoms with Gasteiger partial charge in [0.1, 0.15) is 46.7 Å². The molecule has 6 bridgehead atoms. The first-order valence-corrected chi connectivity index (χ1v) is 29.0. The van der Waals surface area contributed by atoms with Crippen LogP contribution in [-0.4, -0.2) is 174 Å². The highest BCUT2D eigenvalue weighted by Crippen LogP contribution is 2.63. The van der Waals surface area contributed by atoms with Crippen LogP contribution in [0.3, 0.4) is 0 Å². The molecule has 3 aliphatic carbocycles. The molecule has 2 aromatic heterocycles. The van der Waals surface area contributed by atoms with Crippen LogP contribution in [0.5, 0.6) is 23.0 Å². The monoisotopic (exact) mass is 1210 g/mol. The van der Waals surface area contributed by atoms with Crippen molar-refractivity contribution in [3.05, 3.63) is 116 Å². The van der Waals surface area contributed by atoms with Gasteiger partial charge in [-0.2, -0.15) is 0 Å². The van der Waals surface area contributed by atoms with E-state index >= 15 is 4.79 Å². The zero-order chi connectivity index (χ0) is 62.3. The molecule has 14 atom stereocenters. The number of carboxylic acid groups (broad SMARTS) is 1. The summed E-state index contributed by atoms with van der Waals surface area (Å²) in [4.78, 5) is 60.2. The number of dihydropyridines is 1. The maximum Gasteiger partial charge on any atom is 0.354 e. The highest BCUT2D eigenvalue weighted by molar-refractivity contribution is 5.90. The van der Waals surface area contributed by atoms with E-state index in [1.54, 1.807) is 18.5 Å². The topological polar surface area (TPSA) is 421 Å². The summed E-state index contributed by atoms with van der Waals surface area (Å²) in [5.74, 6) is -9.30. The summed E-state index contributed by atoms with van der Waals surface area (Å²) in [6.07, 6.45) is -2.42. The van der Waals surface area contributed by atoms with E-state index in [1.165, 1.54) is 18.2 Å². The van der Waals surface area contributed by atoms with Crippen molar-refractivity contribution in [2.45, 2.75) is 147 Å². The van der Waals surface area contributed by atoms with Crippen LogP contribution < -0.4 is 20.8 Å². The molecule has 10 aliphatic rings. The summed E-state index contributed by atoms with van der Waals surface area (Å²) < 4.78 is 33.0. The highest BCUT2D eigenvalue weighted by Gasteiger charge is 2.82. The van der Waals surface area contributed by atoms with Crippen LogP contribution in [-0.2, 0) is 41.4 Å². The van der Waals surface area contributed by atoms with Crippen molar-refractivity contribution in [1.82, 2.24) is 15.6 Å². The zero-order valence-electron chi connectivity index (χ0n) is 46.8. The number of aldehydes is 1. The molecular formula is C63H63N3O22. The Kier molecular flexibility index (Phi) is 14.0. The normalized spacial score (nSPS) is 34.8. The Hall–Kier alpha value is -7.86. The summed E-state index contributed by atoms with van der Waals surface area (Å²) in [7, 11) is 0. The minimum atomic E-state index is -4.08. The molecule has 1 saturated carbocycles. The number of piperidine rings is 1. The molecule has 0 radical (unpaired) electrons. The van der Waals surface area contributed by atoms with Crippen molar-refractivity contribution in [2.75, 3.05) is 13.2 Å². The number of aliphatic hydroxyl groups is 9. The van der Waals surface area contributed by atoms with Crippen molar-refractivity contribution in [3.63, 3.8) is 0 Å². The Balaban J connectivity index is 1.11. The predicted octanol–water partition coefficient (Wildman–Crippen LogP) is 0.0966. The number of fused-ring (bicyclic) bond motifs is 9. The second kappa shape index (κ2) is 20.9. The summed E-state index contributed by atoms with van der Waals surface area (Å²) in [6.45, 7) is -1.40. The fourth-order valence-electron chi connectivity index (χ4n) is 15.0. The Morgan fingerprint density at radius 2 is 1.70 bits per heavy atom. The first kappa shape index (κ1) is 59.1. The summed E-state index contributed by atoms with van der Waals surface area (Å²) in [5.41, 5.74) is -12.2. The molecular weight excluding hydrogens is 1150 g/mol. The molecule has 3 spiro atoms. The van der Waals surface area contributed by atoms with Gasteiger partial charge in [0, 0.05) is 102 Å². The SMILES string of the molecule is O=CCC(CO)CC12OC(=O)C3(CC#CC(C(=O)O)(O1)C(O)(O)C(O)C2O)OC12Oc4cc5oc(-c6cc(O)c(O)c(CCO)c6)cc(=O)c5c(O)c4C(C4=CNC5NC6C=CCC(C6)C5=C4)C=C1Cc1[nH]ccc1C#CC1(CCCC1)C3(O)C(O)C2O. The number of hydrogen-bond donors (Lipinski definition) is 16. The molecule has 0 amide bonds. The van der Waals surface area contributed by atoms with Gasteiger partial charge in [-0.3, -0.25) is 10.1 Å². The molecule has 16 N–H and O–H groups in total. The molecule has 14 rings (SSSR count). The van der Waals surface area contributed by atoms with Gasteiger partial charge in [-0.05, 0) is 79.2 Å². The van der Waals surface area contributed by atoms with E-state index in [0.29, 0.717) is 29.5 Å². The maximum atomic E-state index is 16.6. The molecule has 462 valence electrons. The second-order valence-electron chi connectivity index (χ2n) is 24.4. The van der Waals surface area contributed by atoms with E-state index in [9.17, 15) is 80.8 Å². The third-order valence-corrected chi connectivity index (χ3v) is 19.5. The average molecular weight is 1210 g/mol. The number of allylic oxidation sites excluding steroid dienone is 4. The van der Waals surface area contributed by atoms with Crippen LogP contribution in [0, 0.1) is 40.9 Å². The number of ether oxygens (including phenoxy) is 4. The zero-order valence-corrected chi connectivity index (χ0v) is 46.8. The van der Waals surface area contributed by atoms with E-state index in [-0.39, 0.29) is 78.3 Å². The Bertz CT molecular complexity index is 3950. The second-order valence-corrected chi connectivity index (χ2v) is 24.4. The van der Waals surface area contributed by atoms with Crippen molar-refractivity contribution in [3.8, 4) is 58.0 Å². The standard InChI is InChI=1S/C63H63N3O22/c67-17-9-30(29-69)27-60-50(74)53(77)63(82,83)58(87-60,55(78)79)13-4-14-59(56(80)86-60)62(81)52(76)51(75)61(88-59)36(24-40-31(8-16-64-40)7-15-57(62)11-1-2-12-57)23-38(35-21-39-32-5-3-6-37(20-32)66-54(39)65-28-35)46-45(85-61)26-44-47(49(46)73)41(70)25-43(84-44)34-19-33(10-18-68)48(72)42(71)22-34/h3,6,8,16-17,19,21-23,25-26,28,30,32,37-38,50-54,64-66,68-69,71-77,81-83H,1-2,5,9-12,14,18,20,24,27,29H2,(H,78,79). The number of aliphatic hydroxyl groups excluding tert-OH is 6. The number of aromatic hydroxyl groups is 3. The fraction of sp³-hybridized carbons (Fsp3) is 0.460. The average Bonchev–Trinajstić information content (AvgIpc) is 1.19. The number of phenolic OH excluding ortho intramolecular Hbond substituents is 3. The summed E-state index contributed by atoms with van der Waals surface area (Å²) >= 11 is 0. The van der Waals surface area contributed by atoms with Gasteiger partial charge >= 0.3 is 11.9 Å². The van der Waals surface area contributed by atoms with Gasteiger partial charge in [-0.25, -0.2) is 9.59 Å². The predicted molar refractivity (Wildman–Crippen MR) is 301 cm³/mol. The van der Waals surface area contributed by atoms with E-state index in [1.807, 2.05) is 6.08 Å². The van der Waals surface area contributed by atoms with Crippen LogP contribution >= 0.6 is 0 Å². The van der Waals surface area contributed by atoms with E-state index in [2.05, 4.69) is 51.5 Å². The number of aromatic nitrogens is 1. The highest BCUT2D eigenvalue weighted by atomic mass is 16.8. The van der Waals surface area contributed by atoms with E-state index in [4.69, 9.17) is 23.4 Å². The summed E-state index contributed by atoms with van der Waals surface area (Å²) in [5, 5.41) is 161. The minimum absolute atomic E-state index is 0.0115. The minimum Gasteiger partial charge on any atom is -0.507 e. The number of carbonyl (C=O) groups excluding carboxylic acids is 2. The molecule has 25 heteroatoms. The van der Waals surface area contributed by atoms with Gasteiger partial charge in [0.2, 0.25) is 17.2 Å². The number of nitrogens with one attached hydrogen (secondary N) is 3. The number of H-pyrrole nitrogens is 1. The van der Waals surface area contributed by atoms with Crippen LogP contribution in [0.4, 0.5) is 0 Å². The number of aromatic amines is 1. The van der Waals surface area contributed by atoms with Crippen molar-refractivity contribution in [2.24, 2.45) is 17.3 Å². The lowest BCUT2D eigenvalue weighted by molar-refractivity contribution is -0.435. The van der Waals surface area contributed by atoms with Crippen LogP contribution in [0.25, 0.3) is 22.3 Å². The van der Waals surface area contributed by atoms with Gasteiger partial charge in [-0.1, -0.05) is 54.9 Å². The number of aliphatic carboxylic acids is 1. The molecule has 25 nitrogen and oxygen atoms in total. The van der Waals surface area contributed by atoms with Crippen LogP contribution in [0.1, 0.15) is 86.1 Å². The Morgan fingerprint density at radius 3 is 2.44 bits per heavy atom. The molecule has 14 unspecified atom stereocenters. The van der Waals surface area contributed by atoms with Crippen LogP contribution in [0.15, 0.2) is 93.0 Å². The van der Waals surface area contributed by atoms with Gasteiger partial charge in [0.05, 0.1) is 18.0 Å². The first-order valence-electron chi connectivity index (χ1n) is 29.0. The van der Waals surface area contributed by atoms with Crippen molar-refractivity contribution < 1.29 is 104 Å². The number of carboxylic acids is 1. The van der Waals surface area contributed by atoms with E-state index < -0.39 is 166 Å². The number of phenols is 3. The number of benzene rings is 2. The van der Waals surface area contributed by atoms with Crippen LogP contribution in [0.2, 0.25) is 0 Å². The van der Waals surface area contributed by atoms with E-state index in [0.717, 1.165) is 24.1 Å². The smallest absolute Gasteiger partial charge is 0.354 e. The lowest BCUT2D eigenvalue weighted by Crippen LogP contribution is -2.84. The molecule has 9 heterocycles. The molecule has 2 aromatic carbocycles. The largest absolute Gasteiger partial charge is 0.507 e. The molecule has 7 aliphatic heterocycles. The third-order valence-electron chi connectivity index (χ3n) is 19.5. The lowest BCUT2D eigenvalue weighted by atomic mass is 9.55. The number of carbonyl (C=O) groups is 3. The number of rotatable bonds is 10. The van der Waals surface area contributed by atoms with Gasteiger partial charge in [-0.15, -0.1) is 0 Å². The van der Waals surface area contributed by atoms with Crippen molar-refractivity contribution >= 4 is 29.2 Å². The third kappa shape index (κ3) is 8.34. The molecule has 3 saturated heterocycles. The molecule has 4 aromatic rings. The van der Waals surface area contributed by atoms with Crippen molar-refractivity contribution in [1.29, 1.82) is 0 Å². The molecule has 88 heavy (non-hydrogen) atoms. The molecule has 4 fully saturated rings. The first-order chi connectivity index (χ1) is 42.0. The van der Waals surface area contributed by atoms with Gasteiger partial charge in [0.15, 0.2) is 34.7 Å². The quantitative estimate of drug-likeness (QED) is 0.0250. The van der Waals surface area contributed by atoms with Gasteiger partial charge < -0.3 is 105 Å². The maximum absolute atomic E-state index is 16.6. The van der Waals surface area contributed by atoms with Gasteiger partial charge in [0.25, 0.3) is 11.4 Å². The Morgan fingerprint density at radius 1 is 0.920 bits per heavy atom. The lowest BCUT2D eigenvalue weighted by Gasteiger charge is -2.62. The fourth-order valence-corrected chi connectivity index (χ4v) is 15.0. The number of esters is 1. The number of hydrogen-bond acceptors (Lipinski definition) is 23. The Labute approximate surface area is 499 Å². The summed E-state index contributed by atoms with van der Waals surface area (Å²) in [6, 6.07) is 6.32.